The SMILES string of the molecule is CCn1c(SCc2cc(N)ccc2O)n[nH]c1=O. The minimum absolute atomic E-state index is 0.192. The molecule has 0 aliphatic carbocycles. The number of nitrogens with one attached hydrogen (secondary N) is 1. The zero-order chi connectivity index (χ0) is 13.1. The largest absolute Gasteiger partial charge is 0.508 e. The van der Waals surface area contributed by atoms with Crippen molar-refractivity contribution in [3.05, 3.63) is 34.2 Å². The molecule has 0 saturated carbocycles. The molecule has 1 heterocycles. The van der Waals surface area contributed by atoms with Crippen molar-refractivity contribution in [3.8, 4) is 5.75 Å². The van der Waals surface area contributed by atoms with Crippen LogP contribution in [0.5, 0.6) is 5.75 Å². The van der Waals surface area contributed by atoms with Crippen LogP contribution in [0.4, 0.5) is 5.69 Å². The summed E-state index contributed by atoms with van der Waals surface area (Å²) in [6.45, 7) is 2.43. The highest BCUT2D eigenvalue weighted by Crippen LogP contribution is 2.27. The highest BCUT2D eigenvalue weighted by atomic mass is 32.2. The lowest BCUT2D eigenvalue weighted by Crippen LogP contribution is -2.16. The number of nitrogen functional groups attached to an aromatic ring is 1. The molecule has 0 radical (unpaired) electrons. The van der Waals surface area contributed by atoms with Gasteiger partial charge < -0.3 is 10.8 Å². The second-order valence-corrected chi connectivity index (χ2v) is 4.67. The summed E-state index contributed by atoms with van der Waals surface area (Å²) >= 11 is 1.37. The highest BCUT2D eigenvalue weighted by Gasteiger charge is 2.09. The first-order valence-electron chi connectivity index (χ1n) is 5.47. The number of anilines is 1. The Kier molecular flexibility index (Phi) is 3.61. The van der Waals surface area contributed by atoms with Gasteiger partial charge in [0, 0.05) is 23.5 Å². The second-order valence-electron chi connectivity index (χ2n) is 3.73. The van der Waals surface area contributed by atoms with E-state index in [4.69, 9.17) is 5.73 Å². The molecule has 0 aliphatic heterocycles. The number of hydrogen-bond donors (Lipinski definition) is 3. The molecule has 2 aromatic rings. The monoisotopic (exact) mass is 266 g/mol. The molecule has 2 rings (SSSR count). The van der Waals surface area contributed by atoms with Gasteiger partial charge in [0.1, 0.15) is 5.75 Å². The van der Waals surface area contributed by atoms with Crippen LogP contribution in [0.25, 0.3) is 0 Å². The van der Waals surface area contributed by atoms with E-state index in [0.717, 1.165) is 5.56 Å². The summed E-state index contributed by atoms with van der Waals surface area (Å²) < 4.78 is 1.54. The minimum Gasteiger partial charge on any atom is -0.508 e. The molecule has 1 aromatic heterocycles. The molecular weight excluding hydrogens is 252 g/mol. The van der Waals surface area contributed by atoms with Crippen molar-refractivity contribution < 1.29 is 5.11 Å². The molecule has 0 unspecified atom stereocenters. The molecule has 0 fully saturated rings. The van der Waals surface area contributed by atoms with Gasteiger partial charge in [-0.3, -0.25) is 4.57 Å². The van der Waals surface area contributed by atoms with E-state index in [-0.39, 0.29) is 11.4 Å². The van der Waals surface area contributed by atoms with Crippen LogP contribution in [0.3, 0.4) is 0 Å². The number of nitrogens with two attached hydrogens (primary N) is 1. The van der Waals surface area contributed by atoms with E-state index in [1.54, 1.807) is 18.2 Å². The van der Waals surface area contributed by atoms with Crippen molar-refractivity contribution in [3.63, 3.8) is 0 Å². The lowest BCUT2D eigenvalue weighted by atomic mass is 10.2. The molecule has 18 heavy (non-hydrogen) atoms. The van der Waals surface area contributed by atoms with Gasteiger partial charge in [-0.2, -0.15) is 0 Å². The standard InChI is InChI=1S/C11H14N4O2S/c1-2-15-10(17)13-14-11(15)18-6-7-5-8(12)3-4-9(7)16/h3-5,16H,2,6,12H2,1H3,(H,13,17). The first-order chi connectivity index (χ1) is 8.61. The number of phenols is 1. The molecular formula is C11H14N4O2S. The lowest BCUT2D eigenvalue weighted by molar-refractivity contribution is 0.470. The number of aromatic nitrogens is 3. The van der Waals surface area contributed by atoms with Crippen LogP contribution in [0.1, 0.15) is 12.5 Å². The van der Waals surface area contributed by atoms with Crippen LogP contribution in [-0.4, -0.2) is 19.9 Å². The average molecular weight is 266 g/mol. The summed E-state index contributed by atoms with van der Waals surface area (Å²) in [5.41, 5.74) is 6.75. The maximum Gasteiger partial charge on any atom is 0.343 e. The smallest absolute Gasteiger partial charge is 0.343 e. The van der Waals surface area contributed by atoms with Crippen LogP contribution in [-0.2, 0) is 12.3 Å². The topological polar surface area (TPSA) is 96.9 Å². The van der Waals surface area contributed by atoms with Gasteiger partial charge in [-0.25, -0.2) is 9.89 Å². The molecule has 0 bridgehead atoms. The number of nitrogens with zero attached hydrogens (tertiary/aromatic N) is 2. The number of aromatic amines is 1. The summed E-state index contributed by atoms with van der Waals surface area (Å²) in [4.78, 5) is 11.4. The first-order valence-corrected chi connectivity index (χ1v) is 6.45. The maximum absolute atomic E-state index is 11.4. The van der Waals surface area contributed by atoms with E-state index in [1.165, 1.54) is 16.3 Å². The number of rotatable bonds is 4. The van der Waals surface area contributed by atoms with Crippen LogP contribution in [0, 0.1) is 0 Å². The van der Waals surface area contributed by atoms with Crippen molar-refractivity contribution in [2.75, 3.05) is 5.73 Å². The van der Waals surface area contributed by atoms with E-state index in [9.17, 15) is 9.90 Å². The summed E-state index contributed by atoms with van der Waals surface area (Å²) in [7, 11) is 0. The molecule has 1 aromatic carbocycles. The molecule has 96 valence electrons. The number of hydrogen-bond acceptors (Lipinski definition) is 5. The van der Waals surface area contributed by atoms with E-state index >= 15 is 0 Å². The summed E-state index contributed by atoms with van der Waals surface area (Å²) in [6.07, 6.45) is 0. The van der Waals surface area contributed by atoms with Gasteiger partial charge in [0.25, 0.3) is 0 Å². The fourth-order valence-electron chi connectivity index (χ4n) is 1.56. The van der Waals surface area contributed by atoms with Gasteiger partial charge >= 0.3 is 5.69 Å². The average Bonchev–Trinajstić information content (AvgIpc) is 2.71. The summed E-state index contributed by atoms with van der Waals surface area (Å²) in [5.74, 6) is 0.693. The van der Waals surface area contributed by atoms with Crippen LogP contribution in [0.15, 0.2) is 28.2 Å². The summed E-state index contributed by atoms with van der Waals surface area (Å²) in [6, 6.07) is 4.91. The summed E-state index contributed by atoms with van der Waals surface area (Å²) in [5, 5.41) is 16.6. The molecule has 0 atom stereocenters. The lowest BCUT2D eigenvalue weighted by Gasteiger charge is -2.05. The van der Waals surface area contributed by atoms with Crippen molar-refractivity contribution >= 4 is 17.4 Å². The van der Waals surface area contributed by atoms with Gasteiger partial charge in [0.05, 0.1) is 0 Å². The Morgan fingerprint density at radius 2 is 2.33 bits per heavy atom. The van der Waals surface area contributed by atoms with Crippen LogP contribution in [0.2, 0.25) is 0 Å². The van der Waals surface area contributed by atoms with Gasteiger partial charge in [-0.05, 0) is 25.1 Å². The van der Waals surface area contributed by atoms with E-state index < -0.39 is 0 Å². The van der Waals surface area contributed by atoms with Crippen molar-refractivity contribution in [1.82, 2.24) is 14.8 Å². The molecule has 7 heteroatoms. The van der Waals surface area contributed by atoms with Crippen molar-refractivity contribution in [1.29, 1.82) is 0 Å². The zero-order valence-corrected chi connectivity index (χ0v) is 10.7. The van der Waals surface area contributed by atoms with Gasteiger partial charge in [-0.1, -0.05) is 11.8 Å². The quantitative estimate of drug-likeness (QED) is 0.438. The Hall–Kier alpha value is -1.89. The molecule has 0 aliphatic rings. The Morgan fingerprint density at radius 1 is 1.56 bits per heavy atom. The fraction of sp³-hybridized carbons (Fsp3) is 0.273. The van der Waals surface area contributed by atoms with E-state index in [2.05, 4.69) is 10.2 Å². The molecule has 0 amide bonds. The van der Waals surface area contributed by atoms with Gasteiger partial charge in [0.15, 0.2) is 5.16 Å². The van der Waals surface area contributed by atoms with Crippen LogP contribution < -0.4 is 11.4 Å². The molecule has 0 saturated heterocycles. The van der Waals surface area contributed by atoms with Gasteiger partial charge in [-0.15, -0.1) is 5.10 Å². The molecule has 6 nitrogen and oxygen atoms in total. The first kappa shape index (κ1) is 12.6. The third-order valence-electron chi connectivity index (χ3n) is 2.50. The van der Waals surface area contributed by atoms with Crippen molar-refractivity contribution in [2.24, 2.45) is 0 Å². The number of aromatic hydroxyl groups is 1. The third kappa shape index (κ3) is 2.51. The number of H-pyrrole nitrogens is 1. The van der Waals surface area contributed by atoms with Crippen molar-refractivity contribution in [2.45, 2.75) is 24.4 Å². The zero-order valence-electron chi connectivity index (χ0n) is 9.88. The highest BCUT2D eigenvalue weighted by molar-refractivity contribution is 7.98. The van der Waals surface area contributed by atoms with Crippen LogP contribution >= 0.6 is 11.8 Å². The Bertz CT molecular complexity index is 605. The number of thioether (sulfide) groups is 1. The predicted molar refractivity (Wildman–Crippen MR) is 70.6 cm³/mol. The normalized spacial score (nSPS) is 10.7. The Morgan fingerprint density at radius 3 is 3.06 bits per heavy atom. The predicted octanol–water partition coefficient (Wildman–Crippen LogP) is 1.17. The van der Waals surface area contributed by atoms with Gasteiger partial charge in [0.2, 0.25) is 0 Å². The second kappa shape index (κ2) is 5.18. The Balaban J connectivity index is 2.16. The third-order valence-corrected chi connectivity index (χ3v) is 3.53. The number of phenolic OH excluding ortho intramolecular Hbond substituents is 1. The molecule has 0 spiro atoms. The van der Waals surface area contributed by atoms with E-state index in [1.807, 2.05) is 6.92 Å². The van der Waals surface area contributed by atoms with E-state index in [0.29, 0.717) is 23.1 Å². The molecule has 4 N–H and O–H groups in total. The fourth-order valence-corrected chi connectivity index (χ4v) is 2.55. The number of benzene rings is 1. The maximum atomic E-state index is 11.4. The minimum atomic E-state index is -0.225. The Labute approximate surface area is 108 Å².